The molecule has 0 spiro atoms. The zero-order chi connectivity index (χ0) is 10.0. The third-order valence-corrected chi connectivity index (χ3v) is 2.88. The molecule has 14 heavy (non-hydrogen) atoms. The Kier molecular flexibility index (Phi) is 2.22. The molecule has 0 N–H and O–H groups in total. The molecule has 0 heterocycles. The zero-order valence-electron chi connectivity index (χ0n) is 8.29. The summed E-state index contributed by atoms with van der Waals surface area (Å²) in [5.41, 5.74) is 2.30. The van der Waals surface area contributed by atoms with Crippen molar-refractivity contribution in [1.29, 1.82) is 0 Å². The van der Waals surface area contributed by atoms with Crippen LogP contribution in [0.2, 0.25) is 0 Å². The lowest BCUT2D eigenvalue weighted by atomic mass is 9.97. The Morgan fingerprint density at radius 3 is 2.71 bits per heavy atom. The van der Waals surface area contributed by atoms with Gasteiger partial charge in [0.15, 0.2) is 0 Å². The fourth-order valence-corrected chi connectivity index (χ4v) is 1.93. The number of hydrogen-bond acceptors (Lipinski definition) is 2. The number of aryl methyl sites for hydroxylation is 1. The number of hydrogen-bond donors (Lipinski definition) is 0. The van der Waals surface area contributed by atoms with Gasteiger partial charge < -0.3 is 0 Å². The van der Waals surface area contributed by atoms with E-state index in [0.29, 0.717) is 0 Å². The molecule has 1 aliphatic carbocycles. The molecule has 1 saturated carbocycles. The summed E-state index contributed by atoms with van der Waals surface area (Å²) in [4.78, 5) is 14.3. The van der Waals surface area contributed by atoms with Crippen molar-refractivity contribution < 1.29 is 4.79 Å². The van der Waals surface area contributed by atoms with Gasteiger partial charge in [0.25, 0.3) is 0 Å². The van der Waals surface area contributed by atoms with Gasteiger partial charge in [-0.15, -0.1) is 0 Å². The lowest BCUT2D eigenvalue weighted by Gasteiger charge is -2.12. The minimum atomic E-state index is -0.214. The van der Waals surface area contributed by atoms with Crippen LogP contribution in [0.3, 0.4) is 0 Å². The van der Waals surface area contributed by atoms with Crippen molar-refractivity contribution in [2.45, 2.75) is 31.7 Å². The third kappa shape index (κ3) is 1.38. The lowest BCUT2D eigenvalue weighted by Crippen LogP contribution is -2.05. The summed E-state index contributed by atoms with van der Waals surface area (Å²) in [6.07, 6.45) is 4.66. The Balaban J connectivity index is 2.45. The number of rotatable bonds is 3. The van der Waals surface area contributed by atoms with Crippen molar-refractivity contribution >= 4 is 6.08 Å². The molecule has 1 aromatic rings. The van der Waals surface area contributed by atoms with Crippen LogP contribution in [0, 0.1) is 0 Å². The molecule has 1 aliphatic rings. The Labute approximate surface area is 83.7 Å². The molecule has 0 aromatic heterocycles. The standard InChI is InChI=1S/C12H13NO/c1-2-10-5-3-4-6-11(10)12(7-8-12)13-9-14/h3-6H,2,7-8H2,1H3. The number of isocyanates is 1. The molecule has 0 amide bonds. The summed E-state index contributed by atoms with van der Waals surface area (Å²) in [7, 11) is 0. The maximum atomic E-state index is 10.3. The maximum absolute atomic E-state index is 10.3. The van der Waals surface area contributed by atoms with E-state index in [1.54, 1.807) is 6.08 Å². The Morgan fingerprint density at radius 1 is 1.43 bits per heavy atom. The highest BCUT2D eigenvalue weighted by Crippen LogP contribution is 2.50. The van der Waals surface area contributed by atoms with Crippen LogP contribution in [-0.4, -0.2) is 6.08 Å². The molecule has 72 valence electrons. The quantitative estimate of drug-likeness (QED) is 0.528. The molecule has 1 aromatic carbocycles. The monoisotopic (exact) mass is 187 g/mol. The van der Waals surface area contributed by atoms with Crippen LogP contribution in [0.15, 0.2) is 29.3 Å². The van der Waals surface area contributed by atoms with Crippen LogP contribution in [0.5, 0.6) is 0 Å². The minimum absolute atomic E-state index is 0.214. The van der Waals surface area contributed by atoms with E-state index in [0.717, 1.165) is 19.3 Å². The van der Waals surface area contributed by atoms with E-state index in [1.807, 2.05) is 12.1 Å². The molecule has 2 heteroatoms. The van der Waals surface area contributed by atoms with Crippen molar-refractivity contribution in [3.63, 3.8) is 0 Å². The highest BCUT2D eigenvalue weighted by molar-refractivity contribution is 5.44. The number of nitrogens with zero attached hydrogens (tertiary/aromatic N) is 1. The summed E-state index contributed by atoms with van der Waals surface area (Å²) < 4.78 is 0. The second-order valence-electron chi connectivity index (χ2n) is 3.75. The van der Waals surface area contributed by atoms with Crippen LogP contribution in [0.25, 0.3) is 0 Å². The molecule has 2 nitrogen and oxygen atoms in total. The largest absolute Gasteiger partial charge is 0.235 e. The molecular formula is C12H13NO. The van der Waals surface area contributed by atoms with Crippen LogP contribution >= 0.6 is 0 Å². The third-order valence-electron chi connectivity index (χ3n) is 2.88. The van der Waals surface area contributed by atoms with Crippen molar-refractivity contribution in [3.05, 3.63) is 35.4 Å². The maximum Gasteiger partial charge on any atom is 0.235 e. The van der Waals surface area contributed by atoms with Gasteiger partial charge in [-0.2, -0.15) is 4.99 Å². The Morgan fingerprint density at radius 2 is 2.14 bits per heavy atom. The van der Waals surface area contributed by atoms with E-state index in [1.165, 1.54) is 11.1 Å². The smallest absolute Gasteiger partial charge is 0.211 e. The predicted molar refractivity (Wildman–Crippen MR) is 54.9 cm³/mol. The SMILES string of the molecule is CCc1ccccc1C1(N=C=O)CC1. The molecule has 0 unspecified atom stereocenters. The highest BCUT2D eigenvalue weighted by Gasteiger charge is 2.45. The van der Waals surface area contributed by atoms with E-state index < -0.39 is 0 Å². The van der Waals surface area contributed by atoms with E-state index in [4.69, 9.17) is 0 Å². The first kappa shape index (κ1) is 9.17. The van der Waals surface area contributed by atoms with Gasteiger partial charge >= 0.3 is 0 Å². The van der Waals surface area contributed by atoms with Gasteiger partial charge in [0, 0.05) is 0 Å². The van der Waals surface area contributed by atoms with Crippen molar-refractivity contribution in [2.75, 3.05) is 0 Å². The molecule has 0 aliphatic heterocycles. The highest BCUT2D eigenvalue weighted by atomic mass is 16.1. The van der Waals surface area contributed by atoms with Crippen LogP contribution < -0.4 is 0 Å². The fraction of sp³-hybridized carbons (Fsp3) is 0.417. The molecule has 0 atom stereocenters. The summed E-state index contributed by atoms with van der Waals surface area (Å²) in [6.45, 7) is 2.12. The summed E-state index contributed by atoms with van der Waals surface area (Å²) in [5.74, 6) is 0. The first-order valence-corrected chi connectivity index (χ1v) is 5.00. The first-order chi connectivity index (χ1) is 6.82. The molecule has 1 fully saturated rings. The van der Waals surface area contributed by atoms with Gasteiger partial charge in [-0.1, -0.05) is 31.2 Å². The van der Waals surface area contributed by atoms with E-state index >= 15 is 0 Å². The topological polar surface area (TPSA) is 29.4 Å². The van der Waals surface area contributed by atoms with E-state index in [2.05, 4.69) is 24.0 Å². The second-order valence-corrected chi connectivity index (χ2v) is 3.75. The molecule has 0 bridgehead atoms. The van der Waals surface area contributed by atoms with Crippen LogP contribution in [0.1, 0.15) is 30.9 Å². The summed E-state index contributed by atoms with van der Waals surface area (Å²) in [5, 5.41) is 0. The minimum Gasteiger partial charge on any atom is -0.211 e. The lowest BCUT2D eigenvalue weighted by molar-refractivity contribution is 0.556. The van der Waals surface area contributed by atoms with Crippen LogP contribution in [0.4, 0.5) is 0 Å². The molecule has 0 radical (unpaired) electrons. The average Bonchev–Trinajstić information content (AvgIpc) is 2.99. The van der Waals surface area contributed by atoms with E-state index in [9.17, 15) is 4.79 Å². The summed E-state index contributed by atoms with van der Waals surface area (Å²) in [6, 6.07) is 8.22. The van der Waals surface area contributed by atoms with Gasteiger partial charge in [-0.05, 0) is 30.4 Å². The van der Waals surface area contributed by atoms with Gasteiger partial charge in [0.05, 0.1) is 5.54 Å². The van der Waals surface area contributed by atoms with Crippen LogP contribution in [-0.2, 0) is 16.8 Å². The number of carbonyl (C=O) groups excluding carboxylic acids is 1. The van der Waals surface area contributed by atoms with Gasteiger partial charge in [-0.3, -0.25) is 0 Å². The Bertz CT molecular complexity index is 387. The van der Waals surface area contributed by atoms with Crippen molar-refractivity contribution in [3.8, 4) is 0 Å². The zero-order valence-corrected chi connectivity index (χ0v) is 8.29. The predicted octanol–water partition coefficient (Wildman–Crippen LogP) is 2.57. The van der Waals surface area contributed by atoms with Gasteiger partial charge in [-0.25, -0.2) is 4.79 Å². The van der Waals surface area contributed by atoms with Gasteiger partial charge in [0.2, 0.25) is 6.08 Å². The fourth-order valence-electron chi connectivity index (χ4n) is 1.93. The second kappa shape index (κ2) is 3.39. The summed E-state index contributed by atoms with van der Waals surface area (Å²) >= 11 is 0. The van der Waals surface area contributed by atoms with Crippen molar-refractivity contribution in [2.24, 2.45) is 4.99 Å². The molecular weight excluding hydrogens is 174 g/mol. The number of aliphatic imine (C=N–C) groups is 1. The van der Waals surface area contributed by atoms with E-state index in [-0.39, 0.29) is 5.54 Å². The average molecular weight is 187 g/mol. The Hall–Kier alpha value is -1.40. The molecule has 0 saturated heterocycles. The molecule has 2 rings (SSSR count). The number of benzene rings is 1. The normalized spacial score (nSPS) is 17.2. The van der Waals surface area contributed by atoms with Gasteiger partial charge in [0.1, 0.15) is 0 Å². The first-order valence-electron chi connectivity index (χ1n) is 5.00. The van der Waals surface area contributed by atoms with Crippen molar-refractivity contribution in [1.82, 2.24) is 0 Å².